The molecule has 0 heterocycles. The van der Waals surface area contributed by atoms with Gasteiger partial charge in [0.1, 0.15) is 0 Å². The van der Waals surface area contributed by atoms with E-state index in [4.69, 9.17) is 9.59 Å². The predicted octanol–water partition coefficient (Wildman–Crippen LogP) is 1.75. The van der Waals surface area contributed by atoms with Gasteiger partial charge in [-0.2, -0.15) is 9.59 Å². The molecule has 0 amide bonds. The monoisotopic (exact) mass is 198 g/mol. The van der Waals surface area contributed by atoms with E-state index in [-0.39, 0.29) is 11.8 Å². The van der Waals surface area contributed by atoms with Crippen LogP contribution >= 0.6 is 0 Å². The van der Waals surface area contributed by atoms with Crippen LogP contribution in [0.2, 0.25) is 0 Å². The molecule has 0 atom stereocenters. The van der Waals surface area contributed by atoms with Gasteiger partial charge in [0.2, 0.25) is 0 Å². The predicted molar refractivity (Wildman–Crippen MR) is 50.3 cm³/mol. The molecule has 0 aromatic carbocycles. The lowest BCUT2D eigenvalue weighted by Gasteiger charge is -2.60. The van der Waals surface area contributed by atoms with Gasteiger partial charge in [-0.15, -0.1) is 0 Å². The zero-order valence-corrected chi connectivity index (χ0v) is 8.88. The minimum atomic E-state index is -0.291. The Morgan fingerprint density at radius 2 is 1.64 bits per heavy atom. The molecule has 0 saturated heterocycles. The van der Waals surface area contributed by atoms with E-state index in [2.05, 4.69) is 13.8 Å². The first-order valence-corrected chi connectivity index (χ1v) is 5.20. The number of aliphatic hydroxyl groups is 1. The second-order valence-corrected chi connectivity index (χ2v) is 5.05. The highest BCUT2D eigenvalue weighted by Gasteiger charge is 2.57. The highest BCUT2D eigenvalue weighted by Crippen LogP contribution is 2.62. The number of hydrogen-bond donors (Lipinski definition) is 1. The summed E-state index contributed by atoms with van der Waals surface area (Å²) in [5.74, 6) is 0.453. The summed E-state index contributed by atoms with van der Waals surface area (Å²) in [6.07, 6.45) is 6.56. The van der Waals surface area contributed by atoms with Crippen LogP contribution in [0.5, 0.6) is 0 Å². The maximum absolute atomic E-state index is 9.99. The van der Waals surface area contributed by atoms with E-state index in [1.165, 1.54) is 19.3 Å². The topological polar surface area (TPSA) is 54.4 Å². The Bertz CT molecular complexity index is 227. The van der Waals surface area contributed by atoms with Gasteiger partial charge >= 0.3 is 6.15 Å². The zero-order valence-electron chi connectivity index (χ0n) is 8.88. The van der Waals surface area contributed by atoms with Gasteiger partial charge in [-0.25, -0.2) is 0 Å². The smallest absolute Gasteiger partial charge is 0.373 e. The maximum atomic E-state index is 9.99. The summed E-state index contributed by atoms with van der Waals surface area (Å²) in [4.78, 5) is 16.2. The van der Waals surface area contributed by atoms with Crippen LogP contribution in [0.15, 0.2) is 0 Å². The normalized spacial score (nSPS) is 25.4. The Morgan fingerprint density at radius 1 is 1.21 bits per heavy atom. The van der Waals surface area contributed by atoms with E-state index >= 15 is 0 Å². The van der Waals surface area contributed by atoms with Gasteiger partial charge in [-0.1, -0.05) is 20.3 Å². The van der Waals surface area contributed by atoms with Crippen molar-refractivity contribution in [3.63, 3.8) is 0 Å². The molecule has 0 radical (unpaired) electrons. The van der Waals surface area contributed by atoms with Crippen molar-refractivity contribution in [1.29, 1.82) is 0 Å². The average molecular weight is 198 g/mol. The van der Waals surface area contributed by atoms with Gasteiger partial charge in [-0.05, 0) is 37.0 Å². The van der Waals surface area contributed by atoms with Crippen LogP contribution in [-0.4, -0.2) is 16.9 Å². The summed E-state index contributed by atoms with van der Waals surface area (Å²) >= 11 is 0. The third-order valence-corrected chi connectivity index (χ3v) is 3.85. The van der Waals surface area contributed by atoms with Gasteiger partial charge in [0.15, 0.2) is 0 Å². The van der Waals surface area contributed by atoms with Gasteiger partial charge in [0.25, 0.3) is 0 Å². The Kier molecular flexibility index (Phi) is 3.13. The van der Waals surface area contributed by atoms with Gasteiger partial charge in [-0.3, -0.25) is 0 Å². The van der Waals surface area contributed by atoms with Crippen LogP contribution in [0, 0.1) is 11.3 Å². The van der Waals surface area contributed by atoms with E-state index < -0.39 is 0 Å². The van der Waals surface area contributed by atoms with E-state index in [1.54, 1.807) is 0 Å². The molecule has 0 aromatic heterocycles. The fraction of sp³-hybridized carbons (Fsp3) is 0.909. The molecule has 80 valence electrons. The molecule has 2 aliphatic carbocycles. The highest BCUT2D eigenvalue weighted by atomic mass is 16.3. The first-order valence-electron chi connectivity index (χ1n) is 5.20. The SMILES string of the molecule is CC(C)C1(O)CC2(CCC2)C1.O=C=O. The van der Waals surface area contributed by atoms with E-state index in [0.717, 1.165) is 12.8 Å². The van der Waals surface area contributed by atoms with E-state index in [9.17, 15) is 5.11 Å². The molecule has 3 nitrogen and oxygen atoms in total. The lowest BCUT2D eigenvalue weighted by molar-refractivity contribution is -0.191. The highest BCUT2D eigenvalue weighted by molar-refractivity contribution is 5.20. The fourth-order valence-corrected chi connectivity index (χ4v) is 2.69. The quantitative estimate of drug-likeness (QED) is 0.698. The Morgan fingerprint density at radius 3 is 1.86 bits per heavy atom. The van der Waals surface area contributed by atoms with Crippen molar-refractivity contribution in [3.8, 4) is 0 Å². The summed E-state index contributed by atoms with van der Waals surface area (Å²) in [7, 11) is 0. The van der Waals surface area contributed by atoms with Gasteiger partial charge in [0.05, 0.1) is 5.60 Å². The molecule has 2 aliphatic rings. The molecule has 3 heteroatoms. The third-order valence-electron chi connectivity index (χ3n) is 3.85. The largest absolute Gasteiger partial charge is 0.390 e. The minimum absolute atomic E-state index is 0.250. The van der Waals surface area contributed by atoms with Crippen LogP contribution in [0.3, 0.4) is 0 Å². The summed E-state index contributed by atoms with van der Waals surface area (Å²) in [6, 6.07) is 0. The Labute approximate surface area is 84.5 Å². The Hall–Kier alpha value is -0.660. The van der Waals surface area contributed by atoms with Crippen LogP contribution in [0.1, 0.15) is 46.0 Å². The molecule has 0 aromatic rings. The lowest BCUT2D eigenvalue weighted by atomic mass is 9.48. The number of hydrogen-bond acceptors (Lipinski definition) is 3. The summed E-state index contributed by atoms with van der Waals surface area (Å²) in [5.41, 5.74) is 0.319. The molecular weight excluding hydrogens is 180 g/mol. The summed E-state index contributed by atoms with van der Waals surface area (Å²) in [5, 5.41) is 9.99. The molecule has 0 unspecified atom stereocenters. The molecule has 0 bridgehead atoms. The maximum Gasteiger partial charge on any atom is 0.373 e. The van der Waals surface area contributed by atoms with Crippen molar-refractivity contribution < 1.29 is 14.7 Å². The molecule has 1 spiro atoms. The van der Waals surface area contributed by atoms with Crippen molar-refractivity contribution in [3.05, 3.63) is 0 Å². The van der Waals surface area contributed by atoms with Crippen molar-refractivity contribution in [2.45, 2.75) is 51.6 Å². The van der Waals surface area contributed by atoms with Crippen molar-refractivity contribution in [2.24, 2.45) is 11.3 Å². The van der Waals surface area contributed by atoms with Crippen molar-refractivity contribution >= 4 is 6.15 Å². The first kappa shape index (κ1) is 11.4. The summed E-state index contributed by atoms with van der Waals surface area (Å²) in [6.45, 7) is 4.26. The molecule has 0 aliphatic heterocycles. The van der Waals surface area contributed by atoms with Crippen LogP contribution in [-0.2, 0) is 9.59 Å². The standard InChI is InChI=1S/C10H18O.CO2/c1-8(2)10(11)6-9(7-10)4-3-5-9;2-1-3/h8,11H,3-7H2,1-2H3;. The second kappa shape index (κ2) is 3.84. The van der Waals surface area contributed by atoms with Crippen LogP contribution in [0.4, 0.5) is 0 Å². The third kappa shape index (κ3) is 1.89. The van der Waals surface area contributed by atoms with E-state index in [1.807, 2.05) is 0 Å². The zero-order chi connectivity index (χ0) is 10.8. The number of carbonyl (C=O) groups excluding carboxylic acids is 2. The minimum Gasteiger partial charge on any atom is -0.390 e. The Balaban J connectivity index is 0.000000293. The molecule has 2 rings (SSSR count). The molecule has 2 saturated carbocycles. The lowest BCUT2D eigenvalue weighted by Crippen LogP contribution is -2.57. The van der Waals surface area contributed by atoms with Gasteiger partial charge in [0, 0.05) is 0 Å². The fourth-order valence-electron chi connectivity index (χ4n) is 2.69. The molecule has 1 N–H and O–H groups in total. The second-order valence-electron chi connectivity index (χ2n) is 5.05. The van der Waals surface area contributed by atoms with Crippen molar-refractivity contribution in [1.82, 2.24) is 0 Å². The van der Waals surface area contributed by atoms with E-state index in [0.29, 0.717) is 11.3 Å². The molecular formula is C11H18O3. The average Bonchev–Trinajstić information content (AvgIpc) is 1.96. The number of rotatable bonds is 1. The van der Waals surface area contributed by atoms with Gasteiger partial charge < -0.3 is 5.11 Å². The van der Waals surface area contributed by atoms with Crippen LogP contribution in [0.25, 0.3) is 0 Å². The molecule has 14 heavy (non-hydrogen) atoms. The summed E-state index contributed by atoms with van der Waals surface area (Å²) < 4.78 is 0. The van der Waals surface area contributed by atoms with Crippen LogP contribution < -0.4 is 0 Å². The molecule has 2 fully saturated rings. The first-order chi connectivity index (χ1) is 6.48. The van der Waals surface area contributed by atoms with Crippen molar-refractivity contribution in [2.75, 3.05) is 0 Å².